The van der Waals surface area contributed by atoms with Crippen molar-refractivity contribution in [1.29, 1.82) is 0 Å². The van der Waals surface area contributed by atoms with Crippen LogP contribution in [0, 0.1) is 5.92 Å². The highest BCUT2D eigenvalue weighted by molar-refractivity contribution is 9.10. The van der Waals surface area contributed by atoms with E-state index in [2.05, 4.69) is 45.1 Å². The number of likely N-dealkylation sites (tertiary alicyclic amines) is 1. The maximum atomic E-state index is 11.0. The fourth-order valence-electron chi connectivity index (χ4n) is 3.20. The lowest BCUT2D eigenvalue weighted by Crippen LogP contribution is -2.24. The molecule has 2 aromatic rings. The van der Waals surface area contributed by atoms with Crippen LogP contribution in [0.1, 0.15) is 12.0 Å². The number of benzene rings is 2. The van der Waals surface area contributed by atoms with Crippen LogP contribution in [0.2, 0.25) is 0 Å². The van der Waals surface area contributed by atoms with Gasteiger partial charge in [-0.1, -0.05) is 40.2 Å². The number of carbonyl (C=O) groups is 1. The first kappa shape index (κ1) is 15.5. The first-order valence-corrected chi connectivity index (χ1v) is 8.18. The summed E-state index contributed by atoms with van der Waals surface area (Å²) >= 11 is 3.62. The fourth-order valence-corrected chi connectivity index (χ4v) is 3.86. The van der Waals surface area contributed by atoms with Gasteiger partial charge in [0.15, 0.2) is 0 Å². The smallest absolute Gasteiger partial charge is 0.217 e. The Labute approximate surface area is 138 Å². The van der Waals surface area contributed by atoms with Crippen molar-refractivity contribution in [2.75, 3.05) is 13.1 Å². The van der Waals surface area contributed by atoms with Gasteiger partial charge in [0, 0.05) is 36.4 Å². The number of rotatable bonds is 4. The molecule has 3 N–H and O–H groups in total. The molecule has 1 aliphatic heterocycles. The molecule has 0 aliphatic carbocycles. The van der Waals surface area contributed by atoms with Gasteiger partial charge < -0.3 is 10.8 Å². The quantitative estimate of drug-likeness (QED) is 0.876. The molecule has 0 aromatic heterocycles. The van der Waals surface area contributed by atoms with Gasteiger partial charge >= 0.3 is 0 Å². The normalized spacial score (nSPS) is 22.3. The molecule has 0 spiro atoms. The minimum atomic E-state index is -0.476. The summed E-state index contributed by atoms with van der Waals surface area (Å²) in [6, 6.07) is 12.5. The summed E-state index contributed by atoms with van der Waals surface area (Å²) in [4.78, 5) is 13.2. The van der Waals surface area contributed by atoms with Gasteiger partial charge in [-0.2, -0.15) is 0 Å². The van der Waals surface area contributed by atoms with Crippen molar-refractivity contribution in [3.05, 3.63) is 46.4 Å². The van der Waals surface area contributed by atoms with Crippen molar-refractivity contribution in [1.82, 2.24) is 4.90 Å². The minimum absolute atomic E-state index is 0.0543. The van der Waals surface area contributed by atoms with Gasteiger partial charge in [0.1, 0.15) is 0 Å². The molecule has 1 heterocycles. The van der Waals surface area contributed by atoms with E-state index in [4.69, 9.17) is 5.73 Å². The van der Waals surface area contributed by atoms with Gasteiger partial charge in [-0.05, 0) is 28.5 Å². The van der Waals surface area contributed by atoms with Crippen LogP contribution in [0.25, 0.3) is 10.8 Å². The summed E-state index contributed by atoms with van der Waals surface area (Å²) in [7, 11) is 0. The van der Waals surface area contributed by atoms with E-state index >= 15 is 0 Å². The van der Waals surface area contributed by atoms with Crippen LogP contribution in [-0.2, 0) is 11.3 Å². The van der Waals surface area contributed by atoms with Gasteiger partial charge in [-0.15, -0.1) is 0 Å². The summed E-state index contributed by atoms with van der Waals surface area (Å²) in [6.45, 7) is 2.05. The molecule has 2 aromatic carbocycles. The van der Waals surface area contributed by atoms with Crippen LogP contribution in [0.5, 0.6) is 0 Å². The Kier molecular flexibility index (Phi) is 4.47. The molecule has 0 saturated carbocycles. The Morgan fingerprint density at radius 2 is 2.09 bits per heavy atom. The van der Waals surface area contributed by atoms with Crippen molar-refractivity contribution >= 4 is 32.6 Å². The number of amides is 1. The molecule has 1 amide bonds. The second-order valence-electron chi connectivity index (χ2n) is 5.99. The molecule has 3 rings (SSSR count). The molecule has 1 fully saturated rings. The molecular formula is C17H19BrN2O2. The number of aliphatic hydroxyl groups is 1. The van der Waals surface area contributed by atoms with E-state index in [9.17, 15) is 9.90 Å². The zero-order valence-corrected chi connectivity index (χ0v) is 13.8. The Morgan fingerprint density at radius 3 is 2.86 bits per heavy atom. The molecule has 1 saturated heterocycles. The number of nitrogens with two attached hydrogens (primary N) is 1. The van der Waals surface area contributed by atoms with Crippen LogP contribution in [-0.4, -0.2) is 35.1 Å². The van der Waals surface area contributed by atoms with E-state index in [1.807, 2.05) is 12.1 Å². The number of aliphatic hydroxyl groups excluding tert-OH is 1. The van der Waals surface area contributed by atoms with E-state index in [1.54, 1.807) is 0 Å². The lowest BCUT2D eigenvalue weighted by atomic mass is 10.0. The minimum Gasteiger partial charge on any atom is -0.391 e. The second-order valence-corrected chi connectivity index (χ2v) is 6.85. The molecule has 0 bridgehead atoms. The first-order chi connectivity index (χ1) is 10.5. The molecule has 5 heteroatoms. The Balaban J connectivity index is 1.75. The standard InChI is InChI=1S/C17H19BrN2O2/c18-15-6-11(5-12-3-1-2-4-14(12)15)8-20-9-13(7-17(19)22)16(21)10-20/h1-6,13,16,21H,7-10H2,(H2,19,22)/t13-,16-/m1/s1. The van der Waals surface area contributed by atoms with Gasteiger partial charge in [-0.3, -0.25) is 9.69 Å². The predicted octanol–water partition coefficient (Wildman–Crippen LogP) is 2.27. The van der Waals surface area contributed by atoms with Crippen molar-refractivity contribution < 1.29 is 9.90 Å². The molecule has 2 atom stereocenters. The third kappa shape index (κ3) is 3.32. The van der Waals surface area contributed by atoms with Crippen molar-refractivity contribution in [2.45, 2.75) is 19.1 Å². The van der Waals surface area contributed by atoms with Crippen molar-refractivity contribution in [2.24, 2.45) is 11.7 Å². The van der Waals surface area contributed by atoms with Gasteiger partial charge in [0.05, 0.1) is 6.10 Å². The molecule has 116 valence electrons. The average Bonchev–Trinajstić information content (AvgIpc) is 2.78. The summed E-state index contributed by atoms with van der Waals surface area (Å²) in [6.07, 6.45) is -0.226. The largest absolute Gasteiger partial charge is 0.391 e. The van der Waals surface area contributed by atoms with Crippen LogP contribution in [0.15, 0.2) is 40.9 Å². The van der Waals surface area contributed by atoms with Gasteiger partial charge in [0.25, 0.3) is 0 Å². The zero-order chi connectivity index (χ0) is 15.7. The molecule has 1 aliphatic rings. The van der Waals surface area contributed by atoms with Gasteiger partial charge in [0.2, 0.25) is 5.91 Å². The number of nitrogens with zero attached hydrogens (tertiary/aromatic N) is 1. The lowest BCUT2D eigenvalue weighted by Gasteiger charge is -2.16. The Hall–Kier alpha value is -1.43. The Morgan fingerprint density at radius 1 is 1.32 bits per heavy atom. The van der Waals surface area contributed by atoms with Crippen LogP contribution < -0.4 is 5.73 Å². The number of primary amides is 1. The number of hydrogen-bond donors (Lipinski definition) is 2. The second kappa shape index (κ2) is 6.36. The highest BCUT2D eigenvalue weighted by Crippen LogP contribution is 2.28. The first-order valence-electron chi connectivity index (χ1n) is 7.39. The SMILES string of the molecule is NC(=O)C[C@@H]1CN(Cc2cc(Br)c3ccccc3c2)C[C@H]1O. The predicted molar refractivity (Wildman–Crippen MR) is 90.2 cm³/mol. The highest BCUT2D eigenvalue weighted by atomic mass is 79.9. The third-order valence-electron chi connectivity index (χ3n) is 4.22. The average molecular weight is 363 g/mol. The Bertz CT molecular complexity index is 704. The number of β-amino-alcohol motifs (C(OH)–C–C–N with tert-alkyl or cyclic N) is 1. The maximum Gasteiger partial charge on any atom is 0.217 e. The maximum absolute atomic E-state index is 11.0. The summed E-state index contributed by atoms with van der Waals surface area (Å²) in [5.41, 5.74) is 6.43. The van der Waals surface area contributed by atoms with E-state index in [1.165, 1.54) is 16.3 Å². The van der Waals surface area contributed by atoms with E-state index in [0.717, 1.165) is 11.0 Å². The molecular weight excluding hydrogens is 344 g/mol. The van der Waals surface area contributed by atoms with E-state index in [-0.39, 0.29) is 18.2 Å². The summed E-state index contributed by atoms with van der Waals surface area (Å²) in [5.74, 6) is -0.402. The number of halogens is 1. The summed E-state index contributed by atoms with van der Waals surface area (Å²) in [5, 5.41) is 12.4. The monoisotopic (exact) mass is 362 g/mol. The van der Waals surface area contributed by atoms with Crippen LogP contribution in [0.4, 0.5) is 0 Å². The fraction of sp³-hybridized carbons (Fsp3) is 0.353. The van der Waals surface area contributed by atoms with Crippen LogP contribution >= 0.6 is 15.9 Å². The highest BCUT2D eigenvalue weighted by Gasteiger charge is 2.32. The van der Waals surface area contributed by atoms with E-state index < -0.39 is 6.10 Å². The topological polar surface area (TPSA) is 66.6 Å². The van der Waals surface area contributed by atoms with Crippen LogP contribution in [0.3, 0.4) is 0 Å². The number of hydrogen-bond acceptors (Lipinski definition) is 3. The molecule has 0 radical (unpaired) electrons. The number of carbonyl (C=O) groups excluding carboxylic acids is 1. The van der Waals surface area contributed by atoms with E-state index in [0.29, 0.717) is 13.1 Å². The lowest BCUT2D eigenvalue weighted by molar-refractivity contribution is -0.119. The third-order valence-corrected chi connectivity index (χ3v) is 4.88. The molecule has 22 heavy (non-hydrogen) atoms. The van der Waals surface area contributed by atoms with Crippen molar-refractivity contribution in [3.8, 4) is 0 Å². The van der Waals surface area contributed by atoms with Gasteiger partial charge in [-0.25, -0.2) is 0 Å². The molecule has 4 nitrogen and oxygen atoms in total. The van der Waals surface area contributed by atoms with Crippen molar-refractivity contribution in [3.63, 3.8) is 0 Å². The summed E-state index contributed by atoms with van der Waals surface area (Å²) < 4.78 is 1.08. The zero-order valence-electron chi connectivity index (χ0n) is 12.2. The molecule has 0 unspecified atom stereocenters. The number of fused-ring (bicyclic) bond motifs is 1.